The predicted molar refractivity (Wildman–Crippen MR) is 173 cm³/mol. The largest absolute Gasteiger partial charge is 0.444 e. The van der Waals surface area contributed by atoms with Gasteiger partial charge in [-0.3, -0.25) is 19.8 Å². The lowest BCUT2D eigenvalue weighted by atomic mass is 9.90. The highest BCUT2D eigenvalue weighted by molar-refractivity contribution is 5.88. The SMILES string of the molecule is Cc1cc(-c2nc(NC3CCC(N(C(=O)OCc4ccccc4)c4ccc(-c5ccn(C)c(=O)c5)nc4)CC3)ncc2C#N)n[nH]1. The Labute approximate surface area is 265 Å². The summed E-state index contributed by atoms with van der Waals surface area (Å²) in [7, 11) is 1.70. The molecule has 5 aromatic rings. The van der Waals surface area contributed by atoms with Crippen LogP contribution in [0.4, 0.5) is 16.4 Å². The van der Waals surface area contributed by atoms with Gasteiger partial charge in [0.25, 0.3) is 5.56 Å². The molecule has 4 heterocycles. The zero-order valence-corrected chi connectivity index (χ0v) is 25.6. The molecule has 232 valence electrons. The number of pyridine rings is 2. The highest BCUT2D eigenvalue weighted by Gasteiger charge is 2.32. The maximum atomic E-state index is 13.6. The van der Waals surface area contributed by atoms with E-state index in [1.54, 1.807) is 30.4 Å². The van der Waals surface area contributed by atoms with Crippen LogP contribution in [0.25, 0.3) is 22.6 Å². The van der Waals surface area contributed by atoms with Crippen LogP contribution in [0.1, 0.15) is 42.5 Å². The van der Waals surface area contributed by atoms with Crippen LogP contribution in [0.15, 0.2) is 84.0 Å². The standard InChI is InChI=1S/C34H33N9O3/c1-22-16-30(41-40-22)32-25(18-35)19-37-33(39-32)38-26-8-10-27(11-9-26)43(34(45)46-21-23-6-4-3-5-7-23)28-12-13-29(36-20-28)24-14-15-42(2)31(44)17-24/h3-7,12-17,19-20,26-27H,8-11,21H2,1-2H3,(H,40,41)(H,37,38,39). The number of anilines is 2. The van der Waals surface area contributed by atoms with E-state index in [0.717, 1.165) is 24.1 Å². The molecule has 2 N–H and O–H groups in total. The summed E-state index contributed by atoms with van der Waals surface area (Å²) in [6.45, 7) is 2.04. The van der Waals surface area contributed by atoms with Crippen molar-refractivity contribution in [3.63, 3.8) is 0 Å². The van der Waals surface area contributed by atoms with Crippen LogP contribution in [-0.4, -0.2) is 47.9 Å². The Kier molecular flexibility index (Phi) is 8.82. The van der Waals surface area contributed by atoms with E-state index in [9.17, 15) is 14.9 Å². The molecule has 46 heavy (non-hydrogen) atoms. The Morgan fingerprint density at radius 2 is 1.87 bits per heavy atom. The topological polar surface area (TPSA) is 155 Å². The van der Waals surface area contributed by atoms with Crippen LogP contribution in [0.5, 0.6) is 0 Å². The number of H-pyrrole nitrogens is 1. The number of aromatic nitrogens is 6. The number of ether oxygens (including phenoxy) is 1. The zero-order valence-electron chi connectivity index (χ0n) is 25.6. The fraction of sp³-hybridized carbons (Fsp3) is 0.265. The average molecular weight is 616 g/mol. The van der Waals surface area contributed by atoms with Gasteiger partial charge >= 0.3 is 6.09 Å². The molecule has 1 aliphatic carbocycles. The Bertz CT molecular complexity index is 1920. The fourth-order valence-electron chi connectivity index (χ4n) is 5.59. The van der Waals surface area contributed by atoms with Gasteiger partial charge in [0.2, 0.25) is 5.95 Å². The van der Waals surface area contributed by atoms with Crippen molar-refractivity contribution in [1.82, 2.24) is 29.7 Å². The van der Waals surface area contributed by atoms with Gasteiger partial charge < -0.3 is 14.6 Å². The van der Waals surface area contributed by atoms with Crippen LogP contribution in [0, 0.1) is 18.3 Å². The first-order chi connectivity index (χ1) is 22.4. The molecule has 1 saturated carbocycles. The van der Waals surface area contributed by atoms with Gasteiger partial charge in [-0.25, -0.2) is 14.8 Å². The van der Waals surface area contributed by atoms with E-state index >= 15 is 0 Å². The molecule has 1 fully saturated rings. The summed E-state index contributed by atoms with van der Waals surface area (Å²) in [5.74, 6) is 0.424. The molecule has 0 aliphatic heterocycles. The monoisotopic (exact) mass is 615 g/mol. The molecule has 6 rings (SSSR count). The molecule has 1 aliphatic rings. The maximum absolute atomic E-state index is 13.6. The number of nitriles is 1. The highest BCUT2D eigenvalue weighted by Crippen LogP contribution is 2.31. The van der Waals surface area contributed by atoms with E-state index in [0.29, 0.717) is 52.7 Å². The van der Waals surface area contributed by atoms with Crippen LogP contribution >= 0.6 is 0 Å². The van der Waals surface area contributed by atoms with Crippen molar-refractivity contribution < 1.29 is 9.53 Å². The van der Waals surface area contributed by atoms with Gasteiger partial charge in [-0.15, -0.1) is 0 Å². The smallest absolute Gasteiger partial charge is 0.414 e. The number of rotatable bonds is 8. The summed E-state index contributed by atoms with van der Waals surface area (Å²) in [4.78, 5) is 41.0. The first-order valence-corrected chi connectivity index (χ1v) is 15.1. The average Bonchev–Trinajstić information content (AvgIpc) is 3.52. The van der Waals surface area contributed by atoms with Gasteiger partial charge in [0.15, 0.2) is 0 Å². The van der Waals surface area contributed by atoms with Gasteiger partial charge in [-0.1, -0.05) is 30.3 Å². The molecule has 12 nitrogen and oxygen atoms in total. The van der Waals surface area contributed by atoms with E-state index in [2.05, 4.69) is 36.5 Å². The molecular formula is C34H33N9O3. The number of amides is 1. The number of nitrogens with zero attached hydrogens (tertiary/aromatic N) is 7. The molecular weight excluding hydrogens is 582 g/mol. The summed E-state index contributed by atoms with van der Waals surface area (Å²) < 4.78 is 7.29. The molecule has 0 radical (unpaired) electrons. The van der Waals surface area contributed by atoms with E-state index in [1.807, 2.05) is 61.5 Å². The molecule has 12 heteroatoms. The summed E-state index contributed by atoms with van der Waals surface area (Å²) in [6, 6.07) is 20.5. The van der Waals surface area contributed by atoms with Gasteiger partial charge in [0, 0.05) is 42.7 Å². The third kappa shape index (κ3) is 6.78. The van der Waals surface area contributed by atoms with Crippen molar-refractivity contribution in [1.29, 1.82) is 5.26 Å². The Morgan fingerprint density at radius 1 is 1.07 bits per heavy atom. The van der Waals surface area contributed by atoms with Crippen molar-refractivity contribution in [3.05, 3.63) is 106 Å². The first kappa shape index (κ1) is 30.2. The Morgan fingerprint density at radius 3 is 2.54 bits per heavy atom. The number of carbonyl (C=O) groups excluding carboxylic acids is 1. The lowest BCUT2D eigenvalue weighted by Gasteiger charge is -2.36. The number of hydrogen-bond acceptors (Lipinski definition) is 9. The van der Waals surface area contributed by atoms with Crippen LogP contribution in [0.3, 0.4) is 0 Å². The number of hydrogen-bond donors (Lipinski definition) is 2. The van der Waals surface area contributed by atoms with E-state index in [1.165, 1.54) is 10.8 Å². The molecule has 4 aromatic heterocycles. The Balaban J connectivity index is 1.18. The maximum Gasteiger partial charge on any atom is 0.414 e. The number of nitrogens with one attached hydrogen (secondary N) is 2. The lowest BCUT2D eigenvalue weighted by Crippen LogP contribution is -2.44. The number of aryl methyl sites for hydroxylation is 2. The quantitative estimate of drug-likeness (QED) is 0.234. The van der Waals surface area contributed by atoms with E-state index in [4.69, 9.17) is 4.74 Å². The normalized spacial score (nSPS) is 15.9. The van der Waals surface area contributed by atoms with Crippen molar-refractivity contribution in [2.45, 2.75) is 51.3 Å². The molecule has 1 amide bonds. The van der Waals surface area contributed by atoms with Crippen LogP contribution in [-0.2, 0) is 18.4 Å². The minimum atomic E-state index is -0.447. The second-order valence-electron chi connectivity index (χ2n) is 11.3. The van der Waals surface area contributed by atoms with Crippen molar-refractivity contribution in [3.8, 4) is 28.7 Å². The summed E-state index contributed by atoms with van der Waals surface area (Å²) in [6.07, 6.45) is 7.34. The van der Waals surface area contributed by atoms with Crippen molar-refractivity contribution in [2.24, 2.45) is 7.05 Å². The Hall–Kier alpha value is -5.83. The number of aromatic amines is 1. The van der Waals surface area contributed by atoms with Crippen molar-refractivity contribution in [2.75, 3.05) is 10.2 Å². The van der Waals surface area contributed by atoms with Gasteiger partial charge in [0.1, 0.15) is 24.1 Å². The second-order valence-corrected chi connectivity index (χ2v) is 11.3. The summed E-state index contributed by atoms with van der Waals surface area (Å²) in [5.41, 5.74) is 5.01. The van der Waals surface area contributed by atoms with Crippen molar-refractivity contribution >= 4 is 17.7 Å². The molecule has 0 saturated heterocycles. The minimum absolute atomic E-state index is 0.0707. The number of carbonyl (C=O) groups is 1. The molecule has 0 spiro atoms. The lowest BCUT2D eigenvalue weighted by molar-refractivity contribution is 0.142. The third-order valence-corrected chi connectivity index (χ3v) is 8.08. The molecule has 0 bridgehead atoms. The van der Waals surface area contributed by atoms with E-state index < -0.39 is 6.09 Å². The van der Waals surface area contributed by atoms with Crippen LogP contribution in [0.2, 0.25) is 0 Å². The van der Waals surface area contributed by atoms with E-state index in [-0.39, 0.29) is 24.2 Å². The summed E-state index contributed by atoms with van der Waals surface area (Å²) in [5, 5.41) is 20.1. The van der Waals surface area contributed by atoms with Gasteiger partial charge in [0.05, 0.1) is 29.3 Å². The second kappa shape index (κ2) is 13.4. The predicted octanol–water partition coefficient (Wildman–Crippen LogP) is 5.37. The van der Waals surface area contributed by atoms with Gasteiger partial charge in [-0.05, 0) is 62.4 Å². The van der Waals surface area contributed by atoms with Gasteiger partial charge in [-0.2, -0.15) is 10.4 Å². The molecule has 1 aromatic carbocycles. The first-order valence-electron chi connectivity index (χ1n) is 15.1. The zero-order chi connectivity index (χ0) is 32.0. The fourth-order valence-corrected chi connectivity index (χ4v) is 5.59. The number of benzene rings is 1. The summed E-state index contributed by atoms with van der Waals surface area (Å²) >= 11 is 0. The van der Waals surface area contributed by atoms with Crippen LogP contribution < -0.4 is 15.8 Å². The minimum Gasteiger partial charge on any atom is -0.444 e. The third-order valence-electron chi connectivity index (χ3n) is 8.08. The molecule has 0 atom stereocenters. The molecule has 0 unspecified atom stereocenters. The highest BCUT2D eigenvalue weighted by atomic mass is 16.6.